The monoisotopic (exact) mass is 342 g/mol. The molecule has 2 aromatic carbocycles. The molecule has 1 N–H and O–H groups in total. The summed E-state index contributed by atoms with van der Waals surface area (Å²) in [7, 11) is 7.03. The van der Waals surface area contributed by atoms with Crippen molar-refractivity contribution in [3.05, 3.63) is 59.7 Å². The predicted octanol–water partition coefficient (Wildman–Crippen LogP) is 3.18. The number of rotatable bonds is 7. The fraction of sp³-hybridized carbons (Fsp3) is 0.350. The SMILES string of the molecule is COc1ccc(OC)c([C@@H](C)NC(=O)[C@@H](c2ccccc2)N(C)C)c1. The number of likely N-dealkylation sites (N-methyl/N-ethyl adjacent to an activating group) is 1. The molecule has 2 aromatic rings. The van der Waals surface area contributed by atoms with E-state index in [9.17, 15) is 4.79 Å². The largest absolute Gasteiger partial charge is 0.497 e. The first-order valence-corrected chi connectivity index (χ1v) is 8.21. The van der Waals surface area contributed by atoms with Crippen molar-refractivity contribution < 1.29 is 14.3 Å². The summed E-state index contributed by atoms with van der Waals surface area (Å²) >= 11 is 0. The van der Waals surface area contributed by atoms with Crippen LogP contribution in [-0.2, 0) is 4.79 Å². The van der Waals surface area contributed by atoms with Crippen molar-refractivity contribution in [1.82, 2.24) is 10.2 Å². The van der Waals surface area contributed by atoms with Crippen molar-refractivity contribution >= 4 is 5.91 Å². The Morgan fingerprint density at radius 2 is 1.72 bits per heavy atom. The van der Waals surface area contributed by atoms with Gasteiger partial charge in [0.05, 0.1) is 20.3 Å². The lowest BCUT2D eigenvalue weighted by molar-refractivity contribution is -0.126. The van der Waals surface area contributed by atoms with Crippen LogP contribution in [0.5, 0.6) is 11.5 Å². The van der Waals surface area contributed by atoms with Crippen LogP contribution in [-0.4, -0.2) is 39.1 Å². The van der Waals surface area contributed by atoms with E-state index < -0.39 is 0 Å². The van der Waals surface area contributed by atoms with Crippen LogP contribution in [0.3, 0.4) is 0 Å². The Kier molecular flexibility index (Phi) is 6.42. The van der Waals surface area contributed by atoms with Crippen LogP contribution in [0.4, 0.5) is 0 Å². The van der Waals surface area contributed by atoms with Crippen LogP contribution in [0, 0.1) is 0 Å². The van der Waals surface area contributed by atoms with Crippen LogP contribution in [0.2, 0.25) is 0 Å². The minimum absolute atomic E-state index is 0.0615. The molecule has 0 saturated heterocycles. The number of amides is 1. The first-order valence-electron chi connectivity index (χ1n) is 8.21. The van der Waals surface area contributed by atoms with Gasteiger partial charge in [0.1, 0.15) is 17.5 Å². The van der Waals surface area contributed by atoms with Gasteiger partial charge in [0.15, 0.2) is 0 Å². The van der Waals surface area contributed by atoms with Crippen LogP contribution < -0.4 is 14.8 Å². The lowest BCUT2D eigenvalue weighted by Crippen LogP contribution is -2.38. The van der Waals surface area contributed by atoms with E-state index in [1.165, 1.54) is 0 Å². The zero-order valence-electron chi connectivity index (χ0n) is 15.4. The van der Waals surface area contributed by atoms with Crippen LogP contribution in [0.25, 0.3) is 0 Å². The van der Waals surface area contributed by atoms with Gasteiger partial charge < -0.3 is 14.8 Å². The van der Waals surface area contributed by atoms with E-state index in [4.69, 9.17) is 9.47 Å². The highest BCUT2D eigenvalue weighted by Crippen LogP contribution is 2.30. The van der Waals surface area contributed by atoms with Crippen LogP contribution in [0.1, 0.15) is 30.1 Å². The third kappa shape index (κ3) is 4.51. The summed E-state index contributed by atoms with van der Waals surface area (Å²) in [5.74, 6) is 1.38. The number of hydrogen-bond acceptors (Lipinski definition) is 4. The zero-order valence-corrected chi connectivity index (χ0v) is 15.4. The van der Waals surface area contributed by atoms with Crippen molar-refractivity contribution in [3.63, 3.8) is 0 Å². The average Bonchev–Trinajstić information content (AvgIpc) is 2.61. The van der Waals surface area contributed by atoms with Crippen LogP contribution >= 0.6 is 0 Å². The fourth-order valence-electron chi connectivity index (χ4n) is 2.87. The number of benzene rings is 2. The maximum absolute atomic E-state index is 12.9. The van der Waals surface area contributed by atoms with Gasteiger partial charge in [-0.15, -0.1) is 0 Å². The number of nitrogens with zero attached hydrogens (tertiary/aromatic N) is 1. The molecule has 0 aliphatic heterocycles. The molecule has 5 nitrogen and oxygen atoms in total. The van der Waals surface area contributed by atoms with Crippen LogP contribution in [0.15, 0.2) is 48.5 Å². The summed E-state index contributed by atoms with van der Waals surface area (Å²) in [6.45, 7) is 1.94. The standard InChI is InChI=1S/C20H26N2O3/c1-14(17-13-16(24-4)11-12-18(17)25-5)21-20(23)19(22(2)3)15-9-7-6-8-10-15/h6-14,19H,1-5H3,(H,21,23)/t14-,19-/m1/s1. The molecule has 0 aliphatic rings. The molecule has 0 spiro atoms. The van der Waals surface area contributed by atoms with E-state index in [2.05, 4.69) is 5.32 Å². The van der Waals surface area contributed by atoms with E-state index in [1.807, 2.05) is 74.4 Å². The molecule has 1 amide bonds. The second-order valence-corrected chi connectivity index (χ2v) is 6.11. The van der Waals surface area contributed by atoms with Gasteiger partial charge in [-0.05, 0) is 44.8 Å². The van der Waals surface area contributed by atoms with Gasteiger partial charge >= 0.3 is 0 Å². The molecular weight excluding hydrogens is 316 g/mol. The highest BCUT2D eigenvalue weighted by molar-refractivity contribution is 5.83. The van der Waals surface area contributed by atoms with Crippen molar-refractivity contribution in [2.24, 2.45) is 0 Å². The van der Waals surface area contributed by atoms with Gasteiger partial charge in [-0.3, -0.25) is 9.69 Å². The molecule has 0 radical (unpaired) electrons. The van der Waals surface area contributed by atoms with Gasteiger partial charge in [-0.25, -0.2) is 0 Å². The minimum Gasteiger partial charge on any atom is -0.497 e. The van der Waals surface area contributed by atoms with Gasteiger partial charge in [-0.2, -0.15) is 0 Å². The quantitative estimate of drug-likeness (QED) is 0.840. The molecule has 25 heavy (non-hydrogen) atoms. The topological polar surface area (TPSA) is 50.8 Å². The summed E-state index contributed by atoms with van der Waals surface area (Å²) in [5, 5.41) is 3.09. The van der Waals surface area contributed by atoms with Gasteiger partial charge in [0, 0.05) is 5.56 Å². The molecule has 0 unspecified atom stereocenters. The summed E-state index contributed by atoms with van der Waals surface area (Å²) < 4.78 is 10.7. The van der Waals surface area contributed by atoms with E-state index >= 15 is 0 Å². The first-order chi connectivity index (χ1) is 12.0. The van der Waals surface area contributed by atoms with Crippen molar-refractivity contribution in [2.75, 3.05) is 28.3 Å². The highest BCUT2D eigenvalue weighted by Gasteiger charge is 2.25. The third-order valence-corrected chi connectivity index (χ3v) is 4.14. The molecular formula is C20H26N2O3. The van der Waals surface area contributed by atoms with Crippen molar-refractivity contribution in [3.8, 4) is 11.5 Å². The Hall–Kier alpha value is -2.53. The molecule has 0 aromatic heterocycles. The Labute approximate surface area is 149 Å². The lowest BCUT2D eigenvalue weighted by atomic mass is 10.0. The molecule has 2 atom stereocenters. The Bertz CT molecular complexity index is 701. The molecule has 0 saturated carbocycles. The predicted molar refractivity (Wildman–Crippen MR) is 99.0 cm³/mol. The molecule has 0 bridgehead atoms. The normalized spacial score (nSPS) is 13.2. The number of carbonyl (C=O) groups is 1. The Morgan fingerprint density at radius 1 is 1.04 bits per heavy atom. The Balaban J connectivity index is 2.24. The Morgan fingerprint density at radius 3 is 2.28 bits per heavy atom. The van der Waals surface area contributed by atoms with Gasteiger partial charge in [0.25, 0.3) is 0 Å². The molecule has 134 valence electrons. The second kappa shape index (κ2) is 8.53. The number of ether oxygens (including phenoxy) is 2. The first kappa shape index (κ1) is 18.8. The molecule has 2 rings (SSSR count). The summed E-state index contributed by atoms with van der Waals surface area (Å²) in [6.07, 6.45) is 0. The van der Waals surface area contributed by atoms with Gasteiger partial charge in [-0.1, -0.05) is 30.3 Å². The van der Waals surface area contributed by atoms with E-state index in [1.54, 1.807) is 14.2 Å². The zero-order chi connectivity index (χ0) is 18.4. The lowest BCUT2D eigenvalue weighted by Gasteiger charge is -2.26. The van der Waals surface area contributed by atoms with Crippen molar-refractivity contribution in [1.29, 1.82) is 0 Å². The fourth-order valence-corrected chi connectivity index (χ4v) is 2.87. The van der Waals surface area contributed by atoms with E-state index in [0.29, 0.717) is 0 Å². The molecule has 0 aliphatic carbocycles. The second-order valence-electron chi connectivity index (χ2n) is 6.11. The number of nitrogens with one attached hydrogen (secondary N) is 1. The van der Waals surface area contributed by atoms with E-state index in [-0.39, 0.29) is 18.0 Å². The van der Waals surface area contributed by atoms with Crippen molar-refractivity contribution in [2.45, 2.75) is 19.0 Å². The summed E-state index contributed by atoms with van der Waals surface area (Å²) in [4.78, 5) is 14.8. The number of methoxy groups -OCH3 is 2. The maximum atomic E-state index is 12.9. The highest BCUT2D eigenvalue weighted by atomic mass is 16.5. The maximum Gasteiger partial charge on any atom is 0.242 e. The molecule has 0 heterocycles. The molecule has 0 fully saturated rings. The number of carbonyl (C=O) groups excluding carboxylic acids is 1. The third-order valence-electron chi connectivity index (χ3n) is 4.14. The summed E-state index contributed by atoms with van der Waals surface area (Å²) in [5.41, 5.74) is 1.83. The van der Waals surface area contributed by atoms with E-state index in [0.717, 1.165) is 22.6 Å². The smallest absolute Gasteiger partial charge is 0.242 e. The molecule has 5 heteroatoms. The van der Waals surface area contributed by atoms with Gasteiger partial charge in [0.2, 0.25) is 5.91 Å². The average molecular weight is 342 g/mol. The minimum atomic E-state index is -0.361. The summed E-state index contributed by atoms with van der Waals surface area (Å²) in [6, 6.07) is 14.7. The number of hydrogen-bond donors (Lipinski definition) is 1.